The van der Waals surface area contributed by atoms with Crippen molar-refractivity contribution in [3.05, 3.63) is 42.0 Å². The van der Waals surface area contributed by atoms with Crippen LogP contribution in [0.4, 0.5) is 0 Å². The SMILES string of the molecule is CC[C@H](C)NC/C=C\c1ccccc1. The molecule has 0 fully saturated rings. The van der Waals surface area contributed by atoms with E-state index in [4.69, 9.17) is 0 Å². The van der Waals surface area contributed by atoms with Crippen molar-refractivity contribution in [1.29, 1.82) is 0 Å². The molecule has 0 saturated heterocycles. The van der Waals surface area contributed by atoms with Crippen molar-refractivity contribution in [2.75, 3.05) is 6.54 Å². The summed E-state index contributed by atoms with van der Waals surface area (Å²) < 4.78 is 0. The summed E-state index contributed by atoms with van der Waals surface area (Å²) >= 11 is 0. The van der Waals surface area contributed by atoms with Gasteiger partial charge in [-0.05, 0) is 18.9 Å². The molecule has 0 spiro atoms. The zero-order valence-corrected chi connectivity index (χ0v) is 9.03. The molecule has 1 atom stereocenters. The number of benzene rings is 1. The lowest BCUT2D eigenvalue weighted by atomic mass is 10.2. The Morgan fingerprint density at radius 1 is 1.29 bits per heavy atom. The first-order valence-corrected chi connectivity index (χ1v) is 5.28. The standard InChI is InChI=1S/C13H19N/c1-3-12(2)14-11-7-10-13-8-5-4-6-9-13/h4-10,12,14H,3,11H2,1-2H3/b10-7-/t12-/m0/s1. The molecule has 0 aliphatic rings. The normalized spacial score (nSPS) is 13.3. The van der Waals surface area contributed by atoms with Crippen molar-refractivity contribution >= 4 is 6.08 Å². The van der Waals surface area contributed by atoms with E-state index in [0.29, 0.717) is 6.04 Å². The number of rotatable bonds is 5. The molecule has 0 amide bonds. The molecule has 1 N–H and O–H groups in total. The fourth-order valence-corrected chi connectivity index (χ4v) is 1.17. The largest absolute Gasteiger partial charge is 0.311 e. The number of hydrogen-bond acceptors (Lipinski definition) is 1. The van der Waals surface area contributed by atoms with Gasteiger partial charge in [-0.15, -0.1) is 0 Å². The Balaban J connectivity index is 2.28. The quantitative estimate of drug-likeness (QED) is 0.750. The lowest BCUT2D eigenvalue weighted by molar-refractivity contribution is 0.568. The molecule has 0 aromatic heterocycles. The molecule has 0 bridgehead atoms. The summed E-state index contributed by atoms with van der Waals surface area (Å²) in [5.41, 5.74) is 1.26. The molecule has 1 nitrogen and oxygen atoms in total. The maximum Gasteiger partial charge on any atom is 0.0140 e. The van der Waals surface area contributed by atoms with Gasteiger partial charge in [-0.1, -0.05) is 49.4 Å². The van der Waals surface area contributed by atoms with Crippen molar-refractivity contribution in [3.8, 4) is 0 Å². The van der Waals surface area contributed by atoms with E-state index in [2.05, 4.69) is 55.6 Å². The van der Waals surface area contributed by atoms with Gasteiger partial charge in [0.2, 0.25) is 0 Å². The summed E-state index contributed by atoms with van der Waals surface area (Å²) in [4.78, 5) is 0. The van der Waals surface area contributed by atoms with Crippen LogP contribution in [0.15, 0.2) is 36.4 Å². The number of nitrogens with one attached hydrogen (secondary N) is 1. The van der Waals surface area contributed by atoms with Gasteiger partial charge < -0.3 is 5.32 Å². The molecule has 1 aromatic rings. The highest BCUT2D eigenvalue weighted by molar-refractivity contribution is 5.48. The van der Waals surface area contributed by atoms with E-state index < -0.39 is 0 Å². The lowest BCUT2D eigenvalue weighted by Crippen LogP contribution is -2.24. The molecule has 0 unspecified atom stereocenters. The van der Waals surface area contributed by atoms with E-state index in [1.54, 1.807) is 0 Å². The van der Waals surface area contributed by atoms with E-state index >= 15 is 0 Å². The molecule has 14 heavy (non-hydrogen) atoms. The first-order chi connectivity index (χ1) is 6.83. The highest BCUT2D eigenvalue weighted by atomic mass is 14.9. The fraction of sp³-hybridized carbons (Fsp3) is 0.385. The van der Waals surface area contributed by atoms with Crippen molar-refractivity contribution < 1.29 is 0 Å². The third-order valence-electron chi connectivity index (χ3n) is 2.31. The summed E-state index contributed by atoms with van der Waals surface area (Å²) in [5.74, 6) is 0. The smallest absolute Gasteiger partial charge is 0.0140 e. The Kier molecular flexibility index (Phi) is 5.02. The van der Waals surface area contributed by atoms with Gasteiger partial charge >= 0.3 is 0 Å². The summed E-state index contributed by atoms with van der Waals surface area (Å²) in [5, 5.41) is 3.42. The van der Waals surface area contributed by atoms with Crippen LogP contribution in [-0.4, -0.2) is 12.6 Å². The highest BCUT2D eigenvalue weighted by Gasteiger charge is 1.92. The Hall–Kier alpha value is -1.08. The molecule has 1 heteroatoms. The van der Waals surface area contributed by atoms with Crippen LogP contribution < -0.4 is 5.32 Å². The maximum absolute atomic E-state index is 3.42. The third-order valence-corrected chi connectivity index (χ3v) is 2.31. The molecular formula is C13H19N. The van der Waals surface area contributed by atoms with Gasteiger partial charge in [0.25, 0.3) is 0 Å². The second kappa shape index (κ2) is 6.39. The Morgan fingerprint density at radius 2 is 2.00 bits per heavy atom. The first-order valence-electron chi connectivity index (χ1n) is 5.28. The molecule has 1 aromatic carbocycles. The van der Waals surface area contributed by atoms with Crippen molar-refractivity contribution in [2.45, 2.75) is 26.3 Å². The predicted molar refractivity (Wildman–Crippen MR) is 63.2 cm³/mol. The first kappa shape index (κ1) is 11.0. The fourth-order valence-electron chi connectivity index (χ4n) is 1.17. The van der Waals surface area contributed by atoms with Gasteiger partial charge in [-0.2, -0.15) is 0 Å². The predicted octanol–water partition coefficient (Wildman–Crippen LogP) is 3.09. The van der Waals surface area contributed by atoms with Crippen molar-refractivity contribution in [1.82, 2.24) is 5.32 Å². The Bertz CT molecular complexity index is 264. The highest BCUT2D eigenvalue weighted by Crippen LogP contribution is 2.00. The summed E-state index contributed by atoms with van der Waals surface area (Å²) in [6.45, 7) is 5.35. The maximum atomic E-state index is 3.42. The minimum absolute atomic E-state index is 0.607. The second-order valence-electron chi connectivity index (χ2n) is 3.53. The van der Waals surface area contributed by atoms with Gasteiger partial charge in [0, 0.05) is 12.6 Å². The molecule has 76 valence electrons. The topological polar surface area (TPSA) is 12.0 Å². The molecule has 0 saturated carbocycles. The molecule has 0 radical (unpaired) electrons. The van der Waals surface area contributed by atoms with Gasteiger partial charge in [0.1, 0.15) is 0 Å². The minimum atomic E-state index is 0.607. The van der Waals surface area contributed by atoms with E-state index in [1.165, 1.54) is 12.0 Å². The zero-order chi connectivity index (χ0) is 10.2. The average Bonchev–Trinajstić information content (AvgIpc) is 2.25. The van der Waals surface area contributed by atoms with Crippen molar-refractivity contribution in [3.63, 3.8) is 0 Å². The zero-order valence-electron chi connectivity index (χ0n) is 9.03. The summed E-state index contributed by atoms with van der Waals surface area (Å²) in [6, 6.07) is 11.0. The summed E-state index contributed by atoms with van der Waals surface area (Å²) in [6.07, 6.45) is 5.50. The van der Waals surface area contributed by atoms with Gasteiger partial charge in [-0.25, -0.2) is 0 Å². The number of hydrogen-bond donors (Lipinski definition) is 1. The molecule has 0 aliphatic heterocycles. The molecule has 1 rings (SSSR count). The van der Waals surface area contributed by atoms with Gasteiger partial charge in [0.15, 0.2) is 0 Å². The van der Waals surface area contributed by atoms with Crippen LogP contribution in [0, 0.1) is 0 Å². The van der Waals surface area contributed by atoms with Crippen molar-refractivity contribution in [2.24, 2.45) is 0 Å². The van der Waals surface area contributed by atoms with E-state index in [1.807, 2.05) is 6.07 Å². The lowest BCUT2D eigenvalue weighted by Gasteiger charge is -2.07. The van der Waals surface area contributed by atoms with Crippen LogP contribution in [0.1, 0.15) is 25.8 Å². The molecular weight excluding hydrogens is 170 g/mol. The van der Waals surface area contributed by atoms with Crippen LogP contribution in [0.25, 0.3) is 6.08 Å². The van der Waals surface area contributed by atoms with E-state index in [-0.39, 0.29) is 0 Å². The monoisotopic (exact) mass is 189 g/mol. The van der Waals surface area contributed by atoms with E-state index in [9.17, 15) is 0 Å². The molecule has 0 aliphatic carbocycles. The Labute approximate surface area is 86.8 Å². The molecule has 0 heterocycles. The van der Waals surface area contributed by atoms with Crippen LogP contribution >= 0.6 is 0 Å². The van der Waals surface area contributed by atoms with Gasteiger partial charge in [0.05, 0.1) is 0 Å². The minimum Gasteiger partial charge on any atom is -0.311 e. The van der Waals surface area contributed by atoms with Crippen LogP contribution in [-0.2, 0) is 0 Å². The van der Waals surface area contributed by atoms with Gasteiger partial charge in [-0.3, -0.25) is 0 Å². The third kappa shape index (κ3) is 4.24. The van der Waals surface area contributed by atoms with Crippen LogP contribution in [0.3, 0.4) is 0 Å². The second-order valence-corrected chi connectivity index (χ2v) is 3.53. The summed E-state index contributed by atoms with van der Waals surface area (Å²) in [7, 11) is 0. The van der Waals surface area contributed by atoms with Crippen LogP contribution in [0.5, 0.6) is 0 Å². The van der Waals surface area contributed by atoms with E-state index in [0.717, 1.165) is 6.54 Å². The Morgan fingerprint density at radius 3 is 2.64 bits per heavy atom. The van der Waals surface area contributed by atoms with Crippen LogP contribution in [0.2, 0.25) is 0 Å². The average molecular weight is 189 g/mol.